The summed E-state index contributed by atoms with van der Waals surface area (Å²) in [7, 11) is 3.04. The molecule has 2 unspecified atom stereocenters. The molecule has 0 spiro atoms. The fraction of sp³-hybridized carbons (Fsp3) is 0.297. The van der Waals surface area contributed by atoms with E-state index in [4.69, 9.17) is 81.7 Å². The number of nitrogens with zero attached hydrogens (tertiary/aromatic N) is 3. The highest BCUT2D eigenvalue weighted by molar-refractivity contribution is 9.09. The number of aliphatic carboxylic acids is 1. The number of carbonyl (C=O) groups excluding carboxylic acids is 3. The number of alkyl halides is 13. The van der Waals surface area contributed by atoms with Crippen LogP contribution in [0.2, 0.25) is 20.1 Å². The summed E-state index contributed by atoms with van der Waals surface area (Å²) in [4.78, 5) is 52.2. The van der Waals surface area contributed by atoms with Crippen LogP contribution in [0.15, 0.2) is 158 Å². The van der Waals surface area contributed by atoms with E-state index in [-0.39, 0.29) is 128 Å². The van der Waals surface area contributed by atoms with E-state index >= 15 is 4.39 Å². The van der Waals surface area contributed by atoms with Crippen molar-refractivity contribution in [2.45, 2.75) is 115 Å². The Labute approximate surface area is 753 Å². The number of hydrogen-bond donors (Lipinski definition) is 6. The van der Waals surface area contributed by atoms with E-state index in [2.05, 4.69) is 26.6 Å². The quantitative estimate of drug-likeness (QED) is 0.0268. The number of aliphatic hydroxyl groups excluding tert-OH is 2. The zero-order valence-electron chi connectivity index (χ0n) is 68.8. The van der Waals surface area contributed by atoms with Gasteiger partial charge in [0.15, 0.2) is 0 Å². The minimum atomic E-state index is -4.60. The monoisotopic (exact) mass is 1940 g/mol. The lowest BCUT2D eigenvalue weighted by Gasteiger charge is -2.27. The third-order valence-electron chi connectivity index (χ3n) is 20.5. The molecule has 7 N–H and O–H groups in total. The van der Waals surface area contributed by atoms with Gasteiger partial charge in [-0.15, -0.1) is 0 Å². The lowest BCUT2D eigenvalue weighted by molar-refractivity contribution is -0.138. The molecule has 0 saturated carbocycles. The van der Waals surface area contributed by atoms with Gasteiger partial charge in [-0.3, -0.25) is 19.2 Å². The zero-order chi connectivity index (χ0) is 94.4. The molecule has 684 valence electrons. The van der Waals surface area contributed by atoms with Crippen LogP contribution in [-0.2, 0) is 88.8 Å². The van der Waals surface area contributed by atoms with Gasteiger partial charge in [0, 0.05) is 122 Å². The number of fused-ring (bicyclic) bond motifs is 4. The van der Waals surface area contributed by atoms with Crippen molar-refractivity contribution in [3.8, 4) is 17.2 Å². The molecule has 3 amide bonds. The molecule has 0 saturated heterocycles. The normalized spacial score (nSPS) is 13.5. The van der Waals surface area contributed by atoms with Crippen LogP contribution in [0, 0.1) is 51.0 Å². The largest absolute Gasteiger partial charge is 0.497 e. The highest BCUT2D eigenvalue weighted by atomic mass is 79.9. The Bertz CT molecular complexity index is 5710. The van der Waals surface area contributed by atoms with Crippen molar-refractivity contribution < 1.29 is 119 Å². The maximum Gasteiger partial charge on any atom is 0.416 e. The first kappa shape index (κ1) is 101. The summed E-state index contributed by atoms with van der Waals surface area (Å²) in [5.41, 5.74) is 9.99. The molecule has 0 bridgehead atoms. The van der Waals surface area contributed by atoms with Crippen LogP contribution < -0.4 is 45.3 Å². The fourth-order valence-corrected chi connectivity index (χ4v) is 15.7. The molecular weight excluding hydrogens is 1860 g/mol. The number of aliphatic hydroxyl groups is 2. The summed E-state index contributed by atoms with van der Waals surface area (Å²) < 4.78 is 229. The van der Waals surface area contributed by atoms with E-state index in [1.807, 2.05) is 12.1 Å². The molecule has 4 aliphatic heterocycles. The van der Waals surface area contributed by atoms with Crippen molar-refractivity contribution >= 4 is 120 Å². The number of amides is 3. The van der Waals surface area contributed by atoms with Crippen LogP contribution in [0.1, 0.15) is 112 Å². The number of halogens is 21. The number of hydrogen-bond acceptors (Lipinski definition) is 12. The lowest BCUT2D eigenvalue weighted by Crippen LogP contribution is -2.37. The molecule has 0 aromatic heterocycles. The van der Waals surface area contributed by atoms with Crippen molar-refractivity contribution in [1.29, 1.82) is 0 Å². The number of methoxy groups -OCH3 is 2. The van der Waals surface area contributed by atoms with Crippen molar-refractivity contribution in [2.75, 3.05) is 91.3 Å². The first-order valence-electron chi connectivity index (χ1n) is 39.0. The second kappa shape index (κ2) is 43.6. The first-order valence-corrected chi connectivity index (χ1v) is 41.4. The summed E-state index contributed by atoms with van der Waals surface area (Å²) in [5, 5.41) is 32.8. The number of anilines is 6. The lowest BCUT2D eigenvalue weighted by atomic mass is 10.0. The Morgan fingerprint density at radius 3 is 1.34 bits per heavy atom. The van der Waals surface area contributed by atoms with E-state index < -0.39 is 105 Å². The zero-order valence-corrected chi connectivity index (χ0v) is 73.4. The average Bonchev–Trinajstić information content (AvgIpc) is 1.64. The molecule has 16 nitrogen and oxygen atoms in total. The van der Waals surface area contributed by atoms with Crippen molar-refractivity contribution in [2.24, 2.45) is 0 Å². The van der Waals surface area contributed by atoms with E-state index in [0.29, 0.717) is 70.1 Å². The SMILES string of the molecule is COc1cc(N)cc(CCCO)c1.COc1cc(NC(C(=O)N2CCc3cc(C)c(C(F)(F)F)cc32)c2ccc(Cl)cc2F)cc(OCCO)c1.Cc1cc2c(cc1C(F)(F)F)N(C(=O)C(Br)c1ccc(Cl)cc1F)CC2.Cc1cc2c(cc1C(F)(F)F)N(C(=O)Cc1ccc(Cl)cc1F)CC2.Cc1cc2c(cc1C(F)(F)F)NCC2.O=C(O)Cc1ccc(Cl)cc1F. The van der Waals surface area contributed by atoms with Gasteiger partial charge in [0.2, 0.25) is 11.8 Å². The summed E-state index contributed by atoms with van der Waals surface area (Å²) in [6.45, 7) is 7.04. The molecular formula is C91H83BrCl4F16N6O10. The summed E-state index contributed by atoms with van der Waals surface area (Å²) in [6, 6.07) is 34.8. The Hall–Kier alpha value is -10.7. The Kier molecular flexibility index (Phi) is 34.4. The molecule has 10 aromatic carbocycles. The molecule has 4 heterocycles. The van der Waals surface area contributed by atoms with Gasteiger partial charge >= 0.3 is 30.7 Å². The van der Waals surface area contributed by atoms with Gasteiger partial charge in [0.05, 0.1) is 55.9 Å². The Morgan fingerprint density at radius 1 is 0.484 bits per heavy atom. The molecule has 128 heavy (non-hydrogen) atoms. The molecule has 4 aliphatic rings. The highest BCUT2D eigenvalue weighted by Crippen LogP contribution is 2.45. The molecule has 10 aromatic rings. The number of carboxylic acid groups (broad SMARTS) is 1. The van der Waals surface area contributed by atoms with Gasteiger partial charge in [0.1, 0.15) is 58.0 Å². The average molecular weight is 1950 g/mol. The number of rotatable bonds is 18. The summed E-state index contributed by atoms with van der Waals surface area (Å²) in [5.74, 6) is -3.84. The molecule has 0 radical (unpaired) electrons. The Morgan fingerprint density at radius 2 is 0.898 bits per heavy atom. The number of nitrogen functional groups attached to an aromatic ring is 1. The number of ether oxygens (including phenoxy) is 3. The van der Waals surface area contributed by atoms with Crippen molar-refractivity contribution in [1.82, 2.24) is 0 Å². The molecule has 0 aliphatic carbocycles. The van der Waals surface area contributed by atoms with Crippen LogP contribution in [0.5, 0.6) is 17.2 Å². The van der Waals surface area contributed by atoms with Crippen LogP contribution in [0.25, 0.3) is 0 Å². The second-order valence-electron chi connectivity index (χ2n) is 29.6. The van der Waals surface area contributed by atoms with Gasteiger partial charge in [-0.25, -0.2) is 17.6 Å². The number of benzene rings is 10. The van der Waals surface area contributed by atoms with E-state index in [0.717, 1.165) is 85.1 Å². The minimum absolute atomic E-state index is 0.00625. The minimum Gasteiger partial charge on any atom is -0.497 e. The number of nitrogens with two attached hydrogens (primary N) is 1. The van der Waals surface area contributed by atoms with Crippen LogP contribution in [0.4, 0.5) is 104 Å². The van der Waals surface area contributed by atoms with E-state index in [1.54, 1.807) is 31.4 Å². The third-order valence-corrected chi connectivity index (χ3v) is 22.3. The standard InChI is InChI=1S/C27H25ClF4N2O4.C18H13BrClF4NO.C18H14ClF4NO.C10H10F3N.C10H15NO2.C8H6ClFO2/c1-15-9-16-5-6-34(24(16)14-22(15)27(30,31)32)26(36)25(21-4-3-17(28)10-23(21)29)33-18-11-19(37-2)13-20(12-18)38-8-7-35;1-9-6-10-4-5-25(15(10)8-13(9)18(22,23)24)17(26)16(19)12-3-2-11(20)7-14(12)21;1-10-6-12-4-5-24(16(12)9-14(10)18(21,22)23)17(25)7-11-2-3-13(19)8-15(11)20;1-6-4-7-2-3-14-9(7)5-8(6)10(11,12)13;1-13-10-6-8(3-2-4-12)5-9(11)7-10;9-6-2-1-5(3-8(11)12)7(10)4-6/h3-4,9-14,25,33,35H,5-8H2,1-2H3;2-3,6-8,16H,4-5H2,1H3;2-3,6,8-9H,4-5,7H2,1H3;4-5,14H,2-3H2,1H3;5-7,12H,2-4,11H2,1H3;1-2,4H,3H2,(H,11,12). The number of carbonyl (C=O) groups is 4. The van der Waals surface area contributed by atoms with Gasteiger partial charge in [0.25, 0.3) is 5.91 Å². The molecule has 0 fully saturated rings. The topological polar surface area (TPSA) is 216 Å². The van der Waals surface area contributed by atoms with Gasteiger partial charge < -0.3 is 60.6 Å². The van der Waals surface area contributed by atoms with Crippen molar-refractivity contribution in [3.63, 3.8) is 0 Å². The second-order valence-corrected chi connectivity index (χ2v) is 32.2. The number of nitrogens with one attached hydrogen (secondary N) is 2. The predicted octanol–water partition coefficient (Wildman–Crippen LogP) is 23.0. The fourth-order valence-electron chi connectivity index (χ4n) is 14.4. The highest BCUT2D eigenvalue weighted by Gasteiger charge is 2.42. The van der Waals surface area contributed by atoms with Gasteiger partial charge in [-0.1, -0.05) is 111 Å². The van der Waals surface area contributed by atoms with Crippen molar-refractivity contribution in [3.05, 3.63) is 296 Å². The van der Waals surface area contributed by atoms with Gasteiger partial charge in [-0.05, 0) is 212 Å². The molecule has 37 heteroatoms. The summed E-state index contributed by atoms with van der Waals surface area (Å²) >= 11 is 25.9. The first-order chi connectivity index (χ1) is 60.1. The maximum atomic E-state index is 15.1. The number of aryl methyl sites for hydroxylation is 5. The predicted molar refractivity (Wildman–Crippen MR) is 462 cm³/mol. The van der Waals surface area contributed by atoms with Gasteiger partial charge in [-0.2, -0.15) is 52.7 Å². The van der Waals surface area contributed by atoms with Crippen LogP contribution in [0.3, 0.4) is 0 Å². The number of carboxylic acids is 1. The smallest absolute Gasteiger partial charge is 0.416 e. The Balaban J connectivity index is 0.000000182. The maximum absolute atomic E-state index is 15.1. The van der Waals surface area contributed by atoms with E-state index in [9.17, 15) is 85.0 Å². The molecule has 14 rings (SSSR count). The van der Waals surface area contributed by atoms with Crippen LogP contribution in [-0.4, -0.2) is 99.2 Å². The molecule has 2 atom stereocenters. The van der Waals surface area contributed by atoms with Crippen LogP contribution >= 0.6 is 62.3 Å². The van der Waals surface area contributed by atoms with E-state index in [1.165, 1.54) is 128 Å². The summed E-state index contributed by atoms with van der Waals surface area (Å²) in [6.07, 6.45) is -14.7. The third kappa shape index (κ3) is 26.5.